The summed E-state index contributed by atoms with van der Waals surface area (Å²) in [4.78, 5) is 149. The number of anilines is 1. The molecule has 0 bridgehead atoms. The van der Waals surface area contributed by atoms with Crippen LogP contribution in [0.4, 0.5) is 39.8 Å². The molecule has 38 heteroatoms. The van der Waals surface area contributed by atoms with Crippen molar-refractivity contribution in [3.8, 4) is 28.2 Å². The molecule has 608 valence electrons. The summed E-state index contributed by atoms with van der Waals surface area (Å²) in [6.07, 6.45) is 12.9. The maximum atomic E-state index is 12.5. The van der Waals surface area contributed by atoms with E-state index in [1.54, 1.807) is 24.3 Å². The van der Waals surface area contributed by atoms with E-state index in [4.69, 9.17) is 38.7 Å². The highest BCUT2D eigenvalue weighted by molar-refractivity contribution is 7.80. The van der Waals surface area contributed by atoms with Gasteiger partial charge in [-0.3, -0.25) is 84.7 Å². The lowest BCUT2D eigenvalue weighted by Crippen LogP contribution is -2.32. The predicted octanol–water partition coefficient (Wildman–Crippen LogP) is 11.5. The number of nitrogens with one attached hydrogen (secondary N) is 4. The molecule has 3 aliphatic rings. The first-order valence-electron chi connectivity index (χ1n) is 36.6. The number of thiocarbonyl (C=S) groups is 1. The standard InChI is InChI=1S/C37H35N5O10S.C17H19N3O8.C16H24N4O5.C3H10N2.C2H6/c43-25-11-14-28-32(20-25)52-33-21-26(44)12-15-29(33)35(28)27-13-9-23(18-30(27)36(46)47)40-37(53)39-17-5-16-38-34(45)7-4-2-1-3-6-22-8-10-24(41(48)49)19-31(22)42(50)51;21-15-9-10-16(22)18(15)28-17(23)6-4-2-1-3-5-12-7-8-13(19(24)25)11-14(12)20(26)27;17-10-5-11-18-16(21)7-4-2-1-3-6-13-8-9-14(19(22)23)12-15(13)20(24)25;4-2-1-3-5;1-2/h8-15,18-21,43H,1-7,16-17H2,(H,38,45)(H,46,47)(H2,39,40,53);7-8,11H,1-6,9-10H2;8-9,12H,1-7,10-11,17H2,(H,18,21);1-5H2;1-2H3/p-1. The molecule has 5 aromatic rings. The average Bonchev–Trinajstić information content (AvgIpc) is 1.20. The minimum atomic E-state index is -1.20. The molecule has 0 saturated carbocycles. The Morgan fingerprint density at radius 3 is 1.36 bits per heavy atom. The number of carbonyl (C=O) groups is 6. The smallest absolute Gasteiger partial charge is 0.336 e. The zero-order valence-corrected chi connectivity index (χ0v) is 63.4. The lowest BCUT2D eigenvalue weighted by molar-refractivity contribution is -0.394. The van der Waals surface area contributed by atoms with Crippen LogP contribution in [0, 0.1) is 60.7 Å². The number of benzene rings is 6. The zero-order valence-electron chi connectivity index (χ0n) is 62.6. The molecule has 1 fully saturated rings. The zero-order chi connectivity index (χ0) is 83.5. The van der Waals surface area contributed by atoms with Crippen LogP contribution in [0.2, 0.25) is 0 Å². The Morgan fingerprint density at radius 2 is 0.929 bits per heavy atom. The Balaban J connectivity index is 0.000000376. The Morgan fingerprint density at radius 1 is 0.496 bits per heavy atom. The number of carbonyl (C=O) groups excluding carboxylic acids is 5. The Hall–Kier alpha value is -12.4. The highest BCUT2D eigenvalue weighted by atomic mass is 32.1. The topological polar surface area (TPSA) is 573 Å². The van der Waals surface area contributed by atoms with E-state index in [0.717, 1.165) is 82.7 Å². The van der Waals surface area contributed by atoms with Crippen molar-refractivity contribution in [1.29, 1.82) is 0 Å². The van der Waals surface area contributed by atoms with Gasteiger partial charge in [-0.1, -0.05) is 70.6 Å². The monoisotopic (exact) mass is 1590 g/mol. The SMILES string of the molecule is CC.NCCCN.NCCCNC(=O)CCCCCCc1ccc([N+](=O)[O-])cc1[N+](=O)[O-].O=C(CCCCCCc1ccc([N+](=O)[O-])cc1[N+](=O)[O-])NCCCNC(=S)Nc1ccc(-c2c3ccc(=O)cc-3oc3cc([O-])ccc23)c(C(=O)O)c1.O=C(CCCCCCc1ccc([N+](=O)[O-])cc1[N+](=O)[O-])ON1C(=O)CCC1=O. The second-order valence-corrected chi connectivity index (χ2v) is 25.5. The number of hydrogen-bond donors (Lipinski definition) is 8. The van der Waals surface area contributed by atoms with E-state index in [-0.39, 0.29) is 98.4 Å². The number of imide groups is 1. The van der Waals surface area contributed by atoms with E-state index in [1.165, 1.54) is 66.7 Å². The lowest BCUT2D eigenvalue weighted by Gasteiger charge is -2.18. The summed E-state index contributed by atoms with van der Waals surface area (Å²) in [7, 11) is 0. The van der Waals surface area contributed by atoms with Crippen LogP contribution in [0.1, 0.15) is 169 Å². The van der Waals surface area contributed by atoms with Crippen LogP contribution in [-0.4, -0.2) is 120 Å². The number of nitro groups is 6. The van der Waals surface area contributed by atoms with Crippen LogP contribution in [0.15, 0.2) is 118 Å². The van der Waals surface area contributed by atoms with Crippen molar-refractivity contribution in [2.24, 2.45) is 17.2 Å². The minimum absolute atomic E-state index is 0.0134. The van der Waals surface area contributed by atoms with Gasteiger partial charge in [0.05, 0.1) is 53.3 Å². The summed E-state index contributed by atoms with van der Waals surface area (Å²) in [5, 5.41) is 101. The van der Waals surface area contributed by atoms with E-state index in [0.29, 0.717) is 153 Å². The number of amides is 4. The van der Waals surface area contributed by atoms with Gasteiger partial charge in [0, 0.05) is 115 Å². The molecule has 0 atom stereocenters. The first-order chi connectivity index (χ1) is 54.1. The fourth-order valence-corrected chi connectivity index (χ4v) is 11.5. The number of nitro benzene ring substituents is 6. The van der Waals surface area contributed by atoms with Crippen molar-refractivity contribution in [2.75, 3.05) is 44.6 Å². The first-order valence-corrected chi connectivity index (χ1v) is 37.0. The number of hydrogen-bond acceptors (Lipinski definition) is 26. The van der Waals surface area contributed by atoms with E-state index >= 15 is 0 Å². The van der Waals surface area contributed by atoms with E-state index in [1.807, 2.05) is 13.8 Å². The van der Waals surface area contributed by atoms with Crippen LogP contribution >= 0.6 is 12.2 Å². The Labute approximate surface area is 653 Å². The number of nitrogens with two attached hydrogens (primary N) is 3. The van der Waals surface area contributed by atoms with E-state index in [9.17, 15) is 104 Å². The maximum Gasteiger partial charge on any atom is 0.336 e. The van der Waals surface area contributed by atoms with Gasteiger partial charge in [0.25, 0.3) is 45.9 Å². The quantitative estimate of drug-likeness (QED) is 0.00441. The molecule has 0 spiro atoms. The van der Waals surface area contributed by atoms with Gasteiger partial charge in [-0.05, 0) is 163 Å². The van der Waals surface area contributed by atoms with Crippen LogP contribution in [0.5, 0.6) is 5.75 Å². The van der Waals surface area contributed by atoms with Gasteiger partial charge in [-0.25, -0.2) is 9.59 Å². The molecule has 37 nitrogen and oxygen atoms in total. The minimum Gasteiger partial charge on any atom is -0.872 e. The Kier molecular flexibility index (Phi) is 40.9. The van der Waals surface area contributed by atoms with Gasteiger partial charge in [-0.15, -0.1) is 10.8 Å². The van der Waals surface area contributed by atoms with E-state index in [2.05, 4.69) is 21.3 Å². The van der Waals surface area contributed by atoms with Crippen LogP contribution in [0.25, 0.3) is 33.4 Å². The van der Waals surface area contributed by atoms with Crippen molar-refractivity contribution in [2.45, 2.75) is 162 Å². The molecule has 0 radical (unpaired) electrons. The molecule has 4 amide bonds. The Bertz CT molecular complexity index is 4480. The third-order valence-electron chi connectivity index (χ3n) is 16.9. The normalized spacial score (nSPS) is 11.2. The molecular weight excluding hydrogens is 1500 g/mol. The van der Waals surface area contributed by atoms with Gasteiger partial charge in [0.15, 0.2) is 10.5 Å². The molecular formula is C75H93N14O23S-. The molecule has 2 heterocycles. The summed E-state index contributed by atoms with van der Waals surface area (Å²) in [5.41, 5.74) is 16.8. The number of unbranched alkanes of at least 4 members (excludes halogenated alkanes) is 9. The molecule has 8 rings (SSSR count). The van der Waals surface area contributed by atoms with Gasteiger partial charge < -0.3 is 57.9 Å². The summed E-state index contributed by atoms with van der Waals surface area (Å²) in [5.74, 6) is -3.08. The number of fused-ring (bicyclic) bond motifs is 2. The van der Waals surface area contributed by atoms with Gasteiger partial charge >= 0.3 is 11.9 Å². The van der Waals surface area contributed by atoms with Crippen molar-refractivity contribution < 1.29 is 77.8 Å². The number of non-ortho nitro benzene ring substituents is 3. The van der Waals surface area contributed by atoms with Crippen LogP contribution < -0.4 is 49.0 Å². The van der Waals surface area contributed by atoms with E-state index < -0.39 is 53.3 Å². The maximum absolute atomic E-state index is 12.5. The molecule has 0 unspecified atom stereocenters. The lowest BCUT2D eigenvalue weighted by atomic mass is 9.90. The fraction of sp³-hybridized carbons (Fsp3) is 0.413. The van der Waals surface area contributed by atoms with Gasteiger partial charge in [0.1, 0.15) is 11.3 Å². The third kappa shape index (κ3) is 31.8. The highest BCUT2D eigenvalue weighted by Crippen LogP contribution is 2.42. The molecule has 2 aliphatic heterocycles. The molecule has 0 aromatic heterocycles. The number of carboxylic acid groups (broad SMARTS) is 1. The van der Waals surface area contributed by atoms with Gasteiger partial charge in [0.2, 0.25) is 11.8 Å². The largest absolute Gasteiger partial charge is 0.872 e. The molecule has 113 heavy (non-hydrogen) atoms. The van der Waals surface area contributed by atoms with Crippen molar-refractivity contribution in [3.63, 3.8) is 0 Å². The predicted molar refractivity (Wildman–Crippen MR) is 420 cm³/mol. The van der Waals surface area contributed by atoms with Crippen molar-refractivity contribution in [3.05, 3.63) is 202 Å². The summed E-state index contributed by atoms with van der Waals surface area (Å²) < 4.78 is 5.84. The second kappa shape index (κ2) is 49.7. The number of aromatic carboxylic acids is 1. The number of nitrogens with zero attached hydrogens (tertiary/aromatic N) is 7. The van der Waals surface area contributed by atoms with Crippen molar-refractivity contribution in [1.82, 2.24) is 21.0 Å². The van der Waals surface area contributed by atoms with Crippen LogP contribution in [-0.2, 0) is 48.1 Å². The summed E-state index contributed by atoms with van der Waals surface area (Å²) in [6, 6.07) is 24.1. The molecule has 1 saturated heterocycles. The van der Waals surface area contributed by atoms with Gasteiger partial charge in [-0.2, -0.15) is 0 Å². The molecule has 11 N–H and O–H groups in total. The molecule has 5 aromatic carbocycles. The highest BCUT2D eigenvalue weighted by Gasteiger charge is 2.33. The van der Waals surface area contributed by atoms with Crippen LogP contribution in [0.3, 0.4) is 0 Å². The summed E-state index contributed by atoms with van der Waals surface area (Å²) >= 11 is 5.39. The number of rotatable bonds is 40. The number of hydroxylamine groups is 2. The second-order valence-electron chi connectivity index (χ2n) is 25.1. The average molecular weight is 1590 g/mol. The first kappa shape index (κ1) is 93.0. The fourth-order valence-electron chi connectivity index (χ4n) is 11.3. The van der Waals surface area contributed by atoms with Crippen molar-refractivity contribution >= 4 is 104 Å². The number of carboxylic acids is 1. The molecule has 1 aliphatic carbocycles. The third-order valence-corrected chi connectivity index (χ3v) is 17.2. The summed E-state index contributed by atoms with van der Waals surface area (Å²) in [6.45, 7) is 7.42. The number of aryl methyl sites for hydroxylation is 3.